The Hall–Kier alpha value is -1.27. The van der Waals surface area contributed by atoms with Crippen LogP contribution in [0.4, 0.5) is 5.69 Å². The van der Waals surface area contributed by atoms with Gasteiger partial charge in [-0.2, -0.15) is 5.10 Å². The molecule has 0 radical (unpaired) electrons. The van der Waals surface area contributed by atoms with Crippen LogP contribution in [0.5, 0.6) is 0 Å². The van der Waals surface area contributed by atoms with Crippen LogP contribution in [-0.4, -0.2) is 28.5 Å². The first-order valence-corrected chi connectivity index (χ1v) is 4.69. The molecule has 2 atom stereocenters. The van der Waals surface area contributed by atoms with Gasteiger partial charge in [-0.25, -0.2) is 0 Å². The van der Waals surface area contributed by atoms with Crippen LogP contribution in [-0.2, 0) is 0 Å². The zero-order chi connectivity index (χ0) is 11.8. The maximum Gasteiger partial charge on any atom is 0.224 e. The van der Waals surface area contributed by atoms with E-state index in [-0.39, 0.29) is 12.1 Å². The third-order valence-electron chi connectivity index (χ3n) is 1.90. The molecular weight excluding hydrogens is 198 g/mol. The fourth-order valence-corrected chi connectivity index (χ4v) is 1.27. The van der Waals surface area contributed by atoms with Gasteiger partial charge in [0, 0.05) is 20.5 Å². The molecule has 1 rings (SSSR count). The predicted octanol–water partition coefficient (Wildman–Crippen LogP) is 0.640. The molecule has 6 nitrogen and oxygen atoms in total. The number of hydrogen-bond acceptors (Lipinski definition) is 4. The van der Waals surface area contributed by atoms with E-state index in [1.54, 1.807) is 17.8 Å². The molecule has 0 aliphatic rings. The first kappa shape index (κ1) is 13.7. The molecule has 86 valence electrons. The zero-order valence-corrected chi connectivity index (χ0v) is 9.21. The SMILES string of the molecule is CC(O)CC(C)[n+]1cc(N=O)c[nH]1.CO. The van der Waals surface area contributed by atoms with Crippen molar-refractivity contribution in [1.82, 2.24) is 5.10 Å². The second kappa shape index (κ2) is 7.08. The Kier molecular flexibility index (Phi) is 6.48. The van der Waals surface area contributed by atoms with Crippen LogP contribution in [0.1, 0.15) is 26.3 Å². The average molecular weight is 216 g/mol. The van der Waals surface area contributed by atoms with Crippen molar-refractivity contribution < 1.29 is 14.9 Å². The number of hydrogen-bond donors (Lipinski definition) is 3. The maximum absolute atomic E-state index is 10.1. The molecule has 0 aromatic carbocycles. The molecule has 0 fully saturated rings. The van der Waals surface area contributed by atoms with Gasteiger partial charge in [-0.3, -0.25) is 0 Å². The lowest BCUT2D eigenvalue weighted by Crippen LogP contribution is -2.40. The second-order valence-electron chi connectivity index (χ2n) is 3.26. The Morgan fingerprint density at radius 1 is 1.53 bits per heavy atom. The molecule has 0 saturated heterocycles. The first-order valence-electron chi connectivity index (χ1n) is 4.69. The summed E-state index contributed by atoms with van der Waals surface area (Å²) < 4.78 is 1.75. The minimum absolute atomic E-state index is 0.135. The van der Waals surface area contributed by atoms with E-state index in [1.807, 2.05) is 6.92 Å². The third-order valence-corrected chi connectivity index (χ3v) is 1.90. The van der Waals surface area contributed by atoms with Gasteiger partial charge in [-0.1, -0.05) is 0 Å². The van der Waals surface area contributed by atoms with Crippen LogP contribution in [0.3, 0.4) is 0 Å². The van der Waals surface area contributed by atoms with Crippen LogP contribution in [0.25, 0.3) is 0 Å². The summed E-state index contributed by atoms with van der Waals surface area (Å²) in [7, 11) is 1.00. The molecule has 15 heavy (non-hydrogen) atoms. The van der Waals surface area contributed by atoms with Gasteiger partial charge < -0.3 is 10.2 Å². The third kappa shape index (κ3) is 4.66. The van der Waals surface area contributed by atoms with Crippen LogP contribution in [0.15, 0.2) is 17.6 Å². The van der Waals surface area contributed by atoms with Gasteiger partial charge in [-0.15, -0.1) is 9.59 Å². The normalized spacial score (nSPS) is 13.7. The lowest BCUT2D eigenvalue weighted by molar-refractivity contribution is -0.771. The Bertz CT molecular complexity index is 286. The molecule has 1 heterocycles. The van der Waals surface area contributed by atoms with E-state index in [0.29, 0.717) is 12.1 Å². The lowest BCUT2D eigenvalue weighted by Gasteiger charge is -2.05. The predicted molar refractivity (Wildman–Crippen MR) is 55.6 cm³/mol. The highest BCUT2D eigenvalue weighted by Crippen LogP contribution is 2.09. The summed E-state index contributed by atoms with van der Waals surface area (Å²) in [6.07, 6.45) is 3.45. The van der Waals surface area contributed by atoms with Gasteiger partial charge in [0.05, 0.1) is 12.3 Å². The summed E-state index contributed by atoms with van der Waals surface area (Å²) in [5.74, 6) is 0. The van der Waals surface area contributed by atoms with Crippen molar-refractivity contribution in [3.63, 3.8) is 0 Å². The molecule has 0 aliphatic carbocycles. The van der Waals surface area contributed by atoms with Crippen molar-refractivity contribution in [3.8, 4) is 0 Å². The summed E-state index contributed by atoms with van der Waals surface area (Å²) in [6, 6.07) is 0.135. The van der Waals surface area contributed by atoms with Crippen molar-refractivity contribution in [3.05, 3.63) is 17.3 Å². The van der Waals surface area contributed by atoms with E-state index in [0.717, 1.165) is 7.11 Å². The van der Waals surface area contributed by atoms with Gasteiger partial charge in [0.1, 0.15) is 0 Å². The highest BCUT2D eigenvalue weighted by molar-refractivity contribution is 5.26. The Morgan fingerprint density at radius 2 is 2.13 bits per heavy atom. The van der Waals surface area contributed by atoms with Gasteiger partial charge in [0.2, 0.25) is 6.20 Å². The molecule has 0 amide bonds. The van der Waals surface area contributed by atoms with Crippen molar-refractivity contribution in [2.24, 2.45) is 5.18 Å². The number of aromatic amines is 1. The summed E-state index contributed by atoms with van der Waals surface area (Å²) in [6.45, 7) is 3.69. The van der Waals surface area contributed by atoms with E-state index < -0.39 is 0 Å². The van der Waals surface area contributed by atoms with E-state index in [9.17, 15) is 4.91 Å². The van der Waals surface area contributed by atoms with Crippen LogP contribution >= 0.6 is 0 Å². The number of rotatable bonds is 4. The number of nitrogens with one attached hydrogen (secondary N) is 1. The summed E-state index contributed by atoms with van der Waals surface area (Å²) in [5, 5.41) is 21.8. The zero-order valence-electron chi connectivity index (χ0n) is 9.21. The summed E-state index contributed by atoms with van der Waals surface area (Å²) >= 11 is 0. The molecular formula is C9H18N3O3+. The number of aliphatic hydroxyl groups excluding tert-OH is 2. The Balaban J connectivity index is 0.000000921. The Labute approximate surface area is 88.5 Å². The molecule has 0 saturated carbocycles. The molecule has 1 aromatic rings. The number of nitroso groups, excluding NO2 is 1. The highest BCUT2D eigenvalue weighted by atomic mass is 16.3. The van der Waals surface area contributed by atoms with Gasteiger partial charge >= 0.3 is 0 Å². The summed E-state index contributed by atoms with van der Waals surface area (Å²) in [5.41, 5.74) is 0.373. The van der Waals surface area contributed by atoms with Crippen molar-refractivity contribution in [1.29, 1.82) is 0 Å². The molecule has 0 aliphatic heterocycles. The first-order chi connectivity index (χ1) is 7.13. The quantitative estimate of drug-likeness (QED) is 0.509. The number of H-pyrrole nitrogens is 1. The number of aromatic nitrogens is 2. The van der Waals surface area contributed by atoms with Crippen LogP contribution < -0.4 is 4.68 Å². The Morgan fingerprint density at radius 3 is 2.53 bits per heavy atom. The van der Waals surface area contributed by atoms with E-state index in [4.69, 9.17) is 10.2 Å². The molecule has 3 N–H and O–H groups in total. The van der Waals surface area contributed by atoms with Crippen LogP contribution in [0, 0.1) is 4.91 Å². The van der Waals surface area contributed by atoms with E-state index >= 15 is 0 Å². The molecule has 6 heteroatoms. The fourth-order valence-electron chi connectivity index (χ4n) is 1.27. The average Bonchev–Trinajstić information content (AvgIpc) is 2.68. The van der Waals surface area contributed by atoms with Gasteiger partial charge in [0.15, 0.2) is 11.7 Å². The summed E-state index contributed by atoms with van der Waals surface area (Å²) in [4.78, 5) is 10.1. The van der Waals surface area contributed by atoms with E-state index in [1.165, 1.54) is 6.20 Å². The molecule has 0 bridgehead atoms. The number of aliphatic hydroxyl groups is 2. The monoisotopic (exact) mass is 216 g/mol. The largest absolute Gasteiger partial charge is 0.400 e. The lowest BCUT2D eigenvalue weighted by atomic mass is 10.2. The standard InChI is InChI=1S/C8H13N3O2.CH4O/c1-6(3-7(2)12)11-5-8(10-13)4-9-11;1-2/h4-7,12H,3H2,1-2H3;2H,1H3/p+1. The maximum atomic E-state index is 10.1. The van der Waals surface area contributed by atoms with Gasteiger partial charge in [-0.05, 0) is 12.1 Å². The molecule has 2 unspecified atom stereocenters. The second-order valence-corrected chi connectivity index (χ2v) is 3.26. The fraction of sp³-hybridized carbons (Fsp3) is 0.667. The minimum atomic E-state index is -0.349. The topological polar surface area (TPSA) is 89.6 Å². The van der Waals surface area contributed by atoms with Crippen molar-refractivity contribution in [2.45, 2.75) is 32.4 Å². The van der Waals surface area contributed by atoms with Crippen LogP contribution in [0.2, 0.25) is 0 Å². The molecule has 0 spiro atoms. The minimum Gasteiger partial charge on any atom is -0.400 e. The smallest absolute Gasteiger partial charge is 0.224 e. The van der Waals surface area contributed by atoms with Crippen molar-refractivity contribution >= 4 is 5.69 Å². The van der Waals surface area contributed by atoms with Gasteiger partial charge in [0.25, 0.3) is 0 Å². The van der Waals surface area contributed by atoms with E-state index in [2.05, 4.69) is 10.3 Å². The molecule has 1 aromatic heterocycles. The highest BCUT2D eigenvalue weighted by Gasteiger charge is 2.17. The number of nitrogens with zero attached hydrogens (tertiary/aromatic N) is 2. The van der Waals surface area contributed by atoms with Crippen molar-refractivity contribution in [2.75, 3.05) is 7.11 Å².